The molecule has 1 atom stereocenters. The molecule has 1 N–H and O–H groups in total. The Morgan fingerprint density at radius 1 is 1.05 bits per heavy atom. The van der Waals surface area contributed by atoms with Crippen molar-refractivity contribution in [2.24, 2.45) is 5.92 Å². The Morgan fingerprint density at radius 2 is 1.67 bits per heavy atom. The van der Waals surface area contributed by atoms with Crippen LogP contribution in [-0.4, -0.2) is 5.11 Å². The van der Waals surface area contributed by atoms with E-state index in [2.05, 4.69) is 11.8 Å². The molecule has 1 nitrogen and oxygen atoms in total. The van der Waals surface area contributed by atoms with Crippen molar-refractivity contribution in [1.29, 1.82) is 0 Å². The van der Waals surface area contributed by atoms with Crippen molar-refractivity contribution in [3.05, 3.63) is 71.0 Å². The molecule has 2 aromatic rings. The first-order valence-electron chi connectivity index (χ1n) is 7.16. The van der Waals surface area contributed by atoms with E-state index in [1.807, 2.05) is 31.2 Å². The van der Waals surface area contributed by atoms with E-state index >= 15 is 0 Å². The SMILES string of the molecule is Cc1ccc(C#CC(O)(c2ccc(F)cc2)C2CC2)cc1. The molecular formula is C19H17FO. The summed E-state index contributed by atoms with van der Waals surface area (Å²) in [6.45, 7) is 2.02. The predicted octanol–water partition coefficient (Wildman–Crippen LogP) is 3.78. The molecule has 1 fully saturated rings. The second-order valence-electron chi connectivity index (χ2n) is 5.66. The number of rotatable bonds is 2. The molecule has 0 radical (unpaired) electrons. The van der Waals surface area contributed by atoms with Crippen LogP contribution in [-0.2, 0) is 5.60 Å². The Labute approximate surface area is 124 Å². The molecule has 0 spiro atoms. The number of hydrogen-bond donors (Lipinski definition) is 1. The Balaban J connectivity index is 1.95. The fraction of sp³-hybridized carbons (Fsp3) is 0.263. The summed E-state index contributed by atoms with van der Waals surface area (Å²) in [4.78, 5) is 0. The lowest BCUT2D eigenvalue weighted by atomic mass is 9.89. The number of aryl methyl sites for hydroxylation is 1. The molecule has 0 aromatic heterocycles. The molecule has 0 bridgehead atoms. The Hall–Kier alpha value is -2.11. The van der Waals surface area contributed by atoms with Gasteiger partial charge in [-0.15, -0.1) is 0 Å². The monoisotopic (exact) mass is 280 g/mol. The smallest absolute Gasteiger partial charge is 0.154 e. The van der Waals surface area contributed by atoms with Gasteiger partial charge in [0.1, 0.15) is 5.82 Å². The number of hydrogen-bond acceptors (Lipinski definition) is 1. The van der Waals surface area contributed by atoms with Crippen molar-refractivity contribution >= 4 is 0 Å². The molecular weight excluding hydrogens is 263 g/mol. The average Bonchev–Trinajstić information content (AvgIpc) is 3.32. The van der Waals surface area contributed by atoms with E-state index in [4.69, 9.17) is 0 Å². The zero-order valence-corrected chi connectivity index (χ0v) is 11.9. The lowest BCUT2D eigenvalue weighted by molar-refractivity contribution is 0.0756. The largest absolute Gasteiger partial charge is 0.373 e. The highest BCUT2D eigenvalue weighted by atomic mass is 19.1. The van der Waals surface area contributed by atoms with Gasteiger partial charge >= 0.3 is 0 Å². The second-order valence-corrected chi connectivity index (χ2v) is 5.66. The summed E-state index contributed by atoms with van der Waals surface area (Å²) in [5.41, 5.74) is 1.54. The summed E-state index contributed by atoms with van der Waals surface area (Å²) in [6.07, 6.45) is 1.91. The van der Waals surface area contributed by atoms with Crippen molar-refractivity contribution in [3.8, 4) is 11.8 Å². The lowest BCUT2D eigenvalue weighted by Gasteiger charge is -2.22. The first-order valence-corrected chi connectivity index (χ1v) is 7.16. The summed E-state index contributed by atoms with van der Waals surface area (Å²) < 4.78 is 13.1. The molecule has 0 aliphatic heterocycles. The van der Waals surface area contributed by atoms with Crippen LogP contribution in [0.25, 0.3) is 0 Å². The number of aliphatic hydroxyl groups is 1. The summed E-state index contributed by atoms with van der Waals surface area (Å²) in [7, 11) is 0. The third kappa shape index (κ3) is 2.99. The van der Waals surface area contributed by atoms with E-state index in [1.165, 1.54) is 17.7 Å². The standard InChI is InChI=1S/C19H17FO/c1-14-2-4-15(5-3-14)12-13-19(21,16-6-7-16)17-8-10-18(20)11-9-17/h2-5,8-11,16,21H,6-7H2,1H3. The summed E-state index contributed by atoms with van der Waals surface area (Å²) in [5.74, 6) is 5.90. The van der Waals surface area contributed by atoms with Gasteiger partial charge in [-0.3, -0.25) is 0 Å². The van der Waals surface area contributed by atoms with Crippen LogP contribution in [0.2, 0.25) is 0 Å². The quantitative estimate of drug-likeness (QED) is 0.830. The van der Waals surface area contributed by atoms with E-state index < -0.39 is 5.60 Å². The summed E-state index contributed by atoms with van der Waals surface area (Å²) >= 11 is 0. The molecule has 106 valence electrons. The molecule has 1 aliphatic carbocycles. The van der Waals surface area contributed by atoms with Gasteiger partial charge in [0.05, 0.1) is 0 Å². The van der Waals surface area contributed by atoms with Gasteiger partial charge in [-0.05, 0) is 49.6 Å². The van der Waals surface area contributed by atoms with Crippen molar-refractivity contribution in [3.63, 3.8) is 0 Å². The molecule has 3 rings (SSSR count). The van der Waals surface area contributed by atoms with E-state index in [0.717, 1.165) is 18.4 Å². The zero-order chi connectivity index (χ0) is 14.9. The van der Waals surface area contributed by atoms with E-state index in [1.54, 1.807) is 12.1 Å². The Bertz CT molecular complexity index is 687. The van der Waals surface area contributed by atoms with Gasteiger partial charge in [-0.25, -0.2) is 4.39 Å². The Kier molecular flexibility index (Phi) is 3.53. The van der Waals surface area contributed by atoms with Crippen LogP contribution in [0.1, 0.15) is 29.5 Å². The molecule has 21 heavy (non-hydrogen) atoms. The molecule has 1 saturated carbocycles. The minimum atomic E-state index is -1.18. The third-order valence-electron chi connectivity index (χ3n) is 3.90. The van der Waals surface area contributed by atoms with Gasteiger partial charge in [0.25, 0.3) is 0 Å². The fourth-order valence-corrected chi connectivity index (χ4v) is 2.42. The van der Waals surface area contributed by atoms with E-state index in [9.17, 15) is 9.50 Å². The molecule has 2 heteroatoms. The zero-order valence-electron chi connectivity index (χ0n) is 11.9. The van der Waals surface area contributed by atoms with Crippen LogP contribution in [0.15, 0.2) is 48.5 Å². The van der Waals surface area contributed by atoms with E-state index in [0.29, 0.717) is 5.56 Å². The highest BCUT2D eigenvalue weighted by molar-refractivity contribution is 5.42. The van der Waals surface area contributed by atoms with Gasteiger partial charge in [0.15, 0.2) is 5.60 Å². The van der Waals surface area contributed by atoms with Gasteiger partial charge in [0.2, 0.25) is 0 Å². The maximum atomic E-state index is 13.1. The predicted molar refractivity (Wildman–Crippen MR) is 81.1 cm³/mol. The van der Waals surface area contributed by atoms with Crippen molar-refractivity contribution in [1.82, 2.24) is 0 Å². The first-order chi connectivity index (χ1) is 10.1. The van der Waals surface area contributed by atoms with Crippen LogP contribution in [0.5, 0.6) is 0 Å². The van der Waals surface area contributed by atoms with Crippen molar-refractivity contribution in [2.45, 2.75) is 25.4 Å². The lowest BCUT2D eigenvalue weighted by Crippen LogP contribution is -2.26. The average molecular weight is 280 g/mol. The highest BCUT2D eigenvalue weighted by Crippen LogP contribution is 2.45. The van der Waals surface area contributed by atoms with Crippen LogP contribution in [0, 0.1) is 30.5 Å². The minimum absolute atomic E-state index is 0.140. The van der Waals surface area contributed by atoms with Crippen LogP contribution < -0.4 is 0 Å². The normalized spacial score (nSPS) is 16.7. The van der Waals surface area contributed by atoms with Crippen molar-refractivity contribution in [2.75, 3.05) is 0 Å². The number of benzene rings is 2. The fourth-order valence-electron chi connectivity index (χ4n) is 2.42. The summed E-state index contributed by atoms with van der Waals surface area (Å²) in [5, 5.41) is 10.9. The molecule has 1 unspecified atom stereocenters. The highest BCUT2D eigenvalue weighted by Gasteiger charge is 2.44. The minimum Gasteiger partial charge on any atom is -0.373 e. The van der Waals surface area contributed by atoms with E-state index in [-0.39, 0.29) is 11.7 Å². The van der Waals surface area contributed by atoms with Crippen LogP contribution in [0.4, 0.5) is 4.39 Å². The number of halogens is 1. The topological polar surface area (TPSA) is 20.2 Å². The van der Waals surface area contributed by atoms with Crippen LogP contribution >= 0.6 is 0 Å². The molecule has 2 aromatic carbocycles. The molecule has 0 heterocycles. The van der Waals surface area contributed by atoms with Crippen LogP contribution in [0.3, 0.4) is 0 Å². The maximum Gasteiger partial charge on any atom is 0.154 e. The Morgan fingerprint density at radius 3 is 2.24 bits per heavy atom. The molecule has 0 saturated heterocycles. The van der Waals surface area contributed by atoms with Gasteiger partial charge in [-0.2, -0.15) is 0 Å². The second kappa shape index (κ2) is 5.35. The van der Waals surface area contributed by atoms with Crippen molar-refractivity contribution < 1.29 is 9.50 Å². The van der Waals surface area contributed by atoms with Gasteiger partial charge in [-0.1, -0.05) is 41.7 Å². The summed E-state index contributed by atoms with van der Waals surface area (Å²) in [6, 6.07) is 13.9. The molecule has 1 aliphatic rings. The molecule has 0 amide bonds. The maximum absolute atomic E-state index is 13.1. The van der Waals surface area contributed by atoms with Gasteiger partial charge < -0.3 is 5.11 Å². The first kappa shape index (κ1) is 13.9. The van der Waals surface area contributed by atoms with Gasteiger partial charge in [0, 0.05) is 11.5 Å². The third-order valence-corrected chi connectivity index (χ3v) is 3.90.